The lowest BCUT2D eigenvalue weighted by Gasteiger charge is -2.23. The lowest BCUT2D eigenvalue weighted by Crippen LogP contribution is -2.35. The van der Waals surface area contributed by atoms with Crippen LogP contribution in [0.3, 0.4) is 0 Å². The fraction of sp³-hybridized carbons (Fsp3) is 0.250. The van der Waals surface area contributed by atoms with E-state index < -0.39 is 0 Å². The number of benzene rings is 1. The third-order valence-corrected chi connectivity index (χ3v) is 3.55. The van der Waals surface area contributed by atoms with Crippen LogP contribution in [0.1, 0.15) is 23.6 Å². The molecule has 2 N–H and O–H groups in total. The summed E-state index contributed by atoms with van der Waals surface area (Å²) in [5.74, 6) is 0.115. The van der Waals surface area contributed by atoms with E-state index in [4.69, 9.17) is 0 Å². The maximum atomic E-state index is 11.3. The van der Waals surface area contributed by atoms with E-state index in [0.717, 1.165) is 5.56 Å². The Morgan fingerprint density at radius 1 is 1.10 bits per heavy atom. The Bertz CT molecular complexity index is 531. The average molecular weight is 267 g/mol. The zero-order valence-electron chi connectivity index (χ0n) is 11.1. The van der Waals surface area contributed by atoms with Crippen molar-refractivity contribution in [1.82, 2.24) is 15.6 Å². The SMILES string of the molecule is O=C1CC(NC(c2ccccc2)c2ccncc2)CN1. The Hall–Kier alpha value is -2.20. The predicted octanol–water partition coefficient (Wildman–Crippen LogP) is 1.65. The molecule has 1 saturated heterocycles. The van der Waals surface area contributed by atoms with Crippen molar-refractivity contribution in [3.8, 4) is 0 Å². The molecule has 4 heteroatoms. The molecule has 0 bridgehead atoms. The van der Waals surface area contributed by atoms with Crippen molar-refractivity contribution in [3.05, 3.63) is 66.0 Å². The van der Waals surface area contributed by atoms with Gasteiger partial charge in [-0.3, -0.25) is 9.78 Å². The Labute approximate surface area is 118 Å². The van der Waals surface area contributed by atoms with Gasteiger partial charge >= 0.3 is 0 Å². The number of amides is 1. The molecule has 1 aromatic carbocycles. The fourth-order valence-electron chi connectivity index (χ4n) is 2.55. The Kier molecular flexibility index (Phi) is 3.74. The highest BCUT2D eigenvalue weighted by molar-refractivity contribution is 5.78. The van der Waals surface area contributed by atoms with Crippen LogP contribution in [-0.4, -0.2) is 23.5 Å². The van der Waals surface area contributed by atoms with Gasteiger partial charge in [-0.15, -0.1) is 0 Å². The van der Waals surface area contributed by atoms with Gasteiger partial charge in [0.15, 0.2) is 0 Å². The van der Waals surface area contributed by atoms with E-state index >= 15 is 0 Å². The second-order valence-corrected chi connectivity index (χ2v) is 5.00. The van der Waals surface area contributed by atoms with E-state index in [0.29, 0.717) is 13.0 Å². The van der Waals surface area contributed by atoms with Crippen LogP contribution in [-0.2, 0) is 4.79 Å². The summed E-state index contributed by atoms with van der Waals surface area (Å²) in [6.07, 6.45) is 4.13. The molecular weight excluding hydrogens is 250 g/mol. The molecule has 2 aromatic rings. The van der Waals surface area contributed by atoms with Gasteiger partial charge in [0.25, 0.3) is 0 Å². The fourth-order valence-corrected chi connectivity index (χ4v) is 2.55. The molecule has 0 radical (unpaired) electrons. The lowest BCUT2D eigenvalue weighted by molar-refractivity contribution is -0.119. The first-order valence-electron chi connectivity index (χ1n) is 6.80. The summed E-state index contributed by atoms with van der Waals surface area (Å²) in [5, 5.41) is 6.43. The minimum absolute atomic E-state index is 0.0805. The number of nitrogens with zero attached hydrogens (tertiary/aromatic N) is 1. The van der Waals surface area contributed by atoms with Crippen molar-refractivity contribution < 1.29 is 4.79 Å². The summed E-state index contributed by atoms with van der Waals surface area (Å²) >= 11 is 0. The van der Waals surface area contributed by atoms with Crippen molar-refractivity contribution in [2.75, 3.05) is 6.54 Å². The molecule has 4 nitrogen and oxygen atoms in total. The number of nitrogens with one attached hydrogen (secondary N) is 2. The molecule has 1 amide bonds. The number of hydrogen-bond acceptors (Lipinski definition) is 3. The first-order valence-corrected chi connectivity index (χ1v) is 6.80. The van der Waals surface area contributed by atoms with Crippen LogP contribution >= 0.6 is 0 Å². The van der Waals surface area contributed by atoms with E-state index in [1.54, 1.807) is 12.4 Å². The van der Waals surface area contributed by atoms with E-state index in [1.165, 1.54) is 5.56 Å². The number of carbonyl (C=O) groups is 1. The third-order valence-electron chi connectivity index (χ3n) is 3.55. The molecule has 1 aliphatic heterocycles. The smallest absolute Gasteiger partial charge is 0.221 e. The lowest BCUT2D eigenvalue weighted by atomic mass is 9.98. The highest BCUT2D eigenvalue weighted by atomic mass is 16.1. The Morgan fingerprint density at radius 3 is 2.45 bits per heavy atom. The molecule has 3 rings (SSSR count). The van der Waals surface area contributed by atoms with Gasteiger partial charge in [0, 0.05) is 31.4 Å². The highest BCUT2D eigenvalue weighted by Gasteiger charge is 2.25. The molecule has 1 aromatic heterocycles. The molecule has 20 heavy (non-hydrogen) atoms. The summed E-state index contributed by atoms with van der Waals surface area (Å²) in [4.78, 5) is 15.4. The van der Waals surface area contributed by atoms with Gasteiger partial charge in [-0.2, -0.15) is 0 Å². The summed E-state index contributed by atoms with van der Waals surface area (Å²) < 4.78 is 0. The Morgan fingerprint density at radius 2 is 1.80 bits per heavy atom. The van der Waals surface area contributed by atoms with E-state index in [2.05, 4.69) is 27.8 Å². The predicted molar refractivity (Wildman–Crippen MR) is 77.1 cm³/mol. The molecule has 1 aliphatic rings. The molecular formula is C16H17N3O. The van der Waals surface area contributed by atoms with Gasteiger partial charge in [-0.25, -0.2) is 0 Å². The topological polar surface area (TPSA) is 54.0 Å². The van der Waals surface area contributed by atoms with Crippen LogP contribution in [0.5, 0.6) is 0 Å². The van der Waals surface area contributed by atoms with Crippen LogP contribution in [0.25, 0.3) is 0 Å². The summed E-state index contributed by atoms with van der Waals surface area (Å²) in [6, 6.07) is 14.5. The zero-order valence-corrected chi connectivity index (χ0v) is 11.1. The van der Waals surface area contributed by atoms with Gasteiger partial charge in [-0.1, -0.05) is 30.3 Å². The molecule has 2 atom stereocenters. The molecule has 0 aliphatic carbocycles. The first kappa shape index (κ1) is 12.8. The van der Waals surface area contributed by atoms with Crippen LogP contribution in [0, 0.1) is 0 Å². The van der Waals surface area contributed by atoms with Gasteiger partial charge < -0.3 is 10.6 Å². The number of rotatable bonds is 4. The second-order valence-electron chi connectivity index (χ2n) is 5.00. The largest absolute Gasteiger partial charge is 0.354 e. The van der Waals surface area contributed by atoms with E-state index in [9.17, 15) is 4.79 Å². The Balaban J connectivity index is 1.86. The maximum absolute atomic E-state index is 11.3. The van der Waals surface area contributed by atoms with Crippen LogP contribution in [0.4, 0.5) is 0 Å². The molecule has 102 valence electrons. The van der Waals surface area contributed by atoms with E-state index in [-0.39, 0.29) is 18.0 Å². The summed E-state index contributed by atoms with van der Waals surface area (Å²) in [5.41, 5.74) is 2.35. The summed E-state index contributed by atoms with van der Waals surface area (Å²) in [7, 11) is 0. The maximum Gasteiger partial charge on any atom is 0.221 e. The average Bonchev–Trinajstić information content (AvgIpc) is 2.92. The number of pyridine rings is 1. The van der Waals surface area contributed by atoms with Crippen molar-refractivity contribution >= 4 is 5.91 Å². The normalized spacial score (nSPS) is 19.6. The van der Waals surface area contributed by atoms with Crippen molar-refractivity contribution in [2.45, 2.75) is 18.5 Å². The van der Waals surface area contributed by atoms with Crippen molar-refractivity contribution in [3.63, 3.8) is 0 Å². The minimum atomic E-state index is 0.0805. The van der Waals surface area contributed by atoms with Crippen LogP contribution < -0.4 is 10.6 Å². The van der Waals surface area contributed by atoms with Crippen LogP contribution in [0.2, 0.25) is 0 Å². The standard InChI is InChI=1S/C16H17N3O/c20-15-10-14(11-18-15)19-16(12-4-2-1-3-5-12)13-6-8-17-9-7-13/h1-9,14,16,19H,10-11H2,(H,18,20). The summed E-state index contributed by atoms with van der Waals surface area (Å²) in [6.45, 7) is 0.688. The number of hydrogen-bond donors (Lipinski definition) is 2. The van der Waals surface area contributed by atoms with Gasteiger partial charge in [-0.05, 0) is 23.3 Å². The van der Waals surface area contributed by atoms with Crippen molar-refractivity contribution in [1.29, 1.82) is 0 Å². The second kappa shape index (κ2) is 5.84. The minimum Gasteiger partial charge on any atom is -0.354 e. The molecule has 2 unspecified atom stereocenters. The molecule has 1 fully saturated rings. The molecule has 2 heterocycles. The van der Waals surface area contributed by atoms with E-state index in [1.807, 2.05) is 30.3 Å². The molecule has 0 saturated carbocycles. The monoisotopic (exact) mass is 267 g/mol. The molecule has 0 spiro atoms. The van der Waals surface area contributed by atoms with Gasteiger partial charge in [0.05, 0.1) is 6.04 Å². The third kappa shape index (κ3) is 2.86. The van der Waals surface area contributed by atoms with Gasteiger partial charge in [0.1, 0.15) is 0 Å². The van der Waals surface area contributed by atoms with Gasteiger partial charge in [0.2, 0.25) is 5.91 Å². The quantitative estimate of drug-likeness (QED) is 0.885. The zero-order chi connectivity index (χ0) is 13.8. The first-order chi connectivity index (χ1) is 9.83. The van der Waals surface area contributed by atoms with Crippen LogP contribution in [0.15, 0.2) is 54.9 Å². The highest BCUT2D eigenvalue weighted by Crippen LogP contribution is 2.22. The number of aromatic nitrogens is 1. The van der Waals surface area contributed by atoms with Crippen molar-refractivity contribution in [2.24, 2.45) is 0 Å². The number of carbonyl (C=O) groups excluding carboxylic acids is 1.